The molecule has 0 saturated heterocycles. The van der Waals surface area contributed by atoms with E-state index in [9.17, 15) is 14.8 Å². The van der Waals surface area contributed by atoms with Crippen LogP contribution in [0.5, 0.6) is 0 Å². The van der Waals surface area contributed by atoms with Crippen LogP contribution in [0.1, 0.15) is 30.7 Å². The van der Waals surface area contributed by atoms with Crippen molar-refractivity contribution in [3.05, 3.63) is 48.0 Å². The summed E-state index contributed by atoms with van der Waals surface area (Å²) in [5.41, 5.74) is 6.63. The molecule has 26 heavy (non-hydrogen) atoms. The number of nitrogens with zero attached hydrogens (tertiary/aromatic N) is 3. The summed E-state index contributed by atoms with van der Waals surface area (Å²) in [7, 11) is -1.60. The second-order valence-electron chi connectivity index (χ2n) is 6.22. The topological polar surface area (TPSA) is 126 Å². The van der Waals surface area contributed by atoms with Crippen molar-refractivity contribution in [2.24, 2.45) is 5.73 Å². The highest BCUT2D eigenvalue weighted by Gasteiger charge is 2.24. The lowest BCUT2D eigenvalue weighted by Crippen LogP contribution is -2.47. The van der Waals surface area contributed by atoms with E-state index < -0.39 is 13.1 Å². The summed E-state index contributed by atoms with van der Waals surface area (Å²) < 4.78 is 1.45. The smallest absolute Gasteiger partial charge is 0.426 e. The minimum absolute atomic E-state index is 0.0154. The lowest BCUT2D eigenvalue weighted by atomic mass is 9.76. The number of unbranched alkanes of at least 4 members (excludes halogenated alkanes) is 1. The zero-order valence-electron chi connectivity index (χ0n) is 14.8. The van der Waals surface area contributed by atoms with E-state index in [1.54, 1.807) is 0 Å². The number of benzene rings is 1. The van der Waals surface area contributed by atoms with Crippen LogP contribution in [0.3, 0.4) is 0 Å². The molecule has 0 aliphatic rings. The van der Waals surface area contributed by atoms with E-state index in [-0.39, 0.29) is 12.5 Å². The Bertz CT molecular complexity index is 665. The molecular weight excluding hydrogens is 333 g/mol. The molecule has 1 aromatic carbocycles. The van der Waals surface area contributed by atoms with E-state index in [1.807, 2.05) is 18.2 Å². The maximum absolute atomic E-state index is 12.1. The van der Waals surface area contributed by atoms with Crippen molar-refractivity contribution in [3.63, 3.8) is 0 Å². The highest BCUT2D eigenvalue weighted by atomic mass is 16.4. The third-order valence-corrected chi connectivity index (χ3v) is 4.05. The lowest BCUT2D eigenvalue weighted by molar-refractivity contribution is -0.122. The van der Waals surface area contributed by atoms with Gasteiger partial charge in [0, 0.05) is 6.42 Å². The lowest BCUT2D eigenvalue weighted by Gasteiger charge is -2.17. The van der Waals surface area contributed by atoms with E-state index in [2.05, 4.69) is 27.5 Å². The minimum Gasteiger partial charge on any atom is -0.426 e. The van der Waals surface area contributed by atoms with E-state index >= 15 is 0 Å². The molecule has 0 unspecified atom stereocenters. The molecule has 5 N–H and O–H groups in total. The summed E-state index contributed by atoms with van der Waals surface area (Å²) in [4.78, 5) is 16.3. The molecule has 2 aromatic rings. The second kappa shape index (κ2) is 10.7. The van der Waals surface area contributed by atoms with Gasteiger partial charge < -0.3 is 21.1 Å². The Kier molecular flexibility index (Phi) is 8.26. The molecule has 0 bridgehead atoms. The van der Waals surface area contributed by atoms with E-state index in [0.717, 1.165) is 12.8 Å². The number of hydrogen-bond acceptors (Lipinski definition) is 6. The Morgan fingerprint density at radius 2 is 2.00 bits per heavy atom. The minimum atomic E-state index is -1.60. The highest BCUT2D eigenvalue weighted by molar-refractivity contribution is 6.43. The molecule has 0 saturated carbocycles. The van der Waals surface area contributed by atoms with Crippen LogP contribution in [-0.2, 0) is 24.2 Å². The first-order chi connectivity index (χ1) is 12.6. The van der Waals surface area contributed by atoms with Gasteiger partial charge in [-0.25, -0.2) is 9.67 Å². The van der Waals surface area contributed by atoms with Crippen LogP contribution in [0.15, 0.2) is 36.7 Å². The van der Waals surface area contributed by atoms with Crippen LogP contribution < -0.4 is 11.1 Å². The van der Waals surface area contributed by atoms with Crippen LogP contribution in [0, 0.1) is 0 Å². The summed E-state index contributed by atoms with van der Waals surface area (Å²) in [5, 5.41) is 25.7. The maximum Gasteiger partial charge on any atom is 0.475 e. The number of carbonyl (C=O) groups excluding carboxylic acids is 1. The molecule has 8 nitrogen and oxygen atoms in total. The monoisotopic (exact) mass is 359 g/mol. The second-order valence-corrected chi connectivity index (χ2v) is 6.22. The standard InChI is InChI=1S/C17H26BN5O3/c19-11-5-4-8-15(18(25)26)21-17(24)12-23-13-20-16(22-23)10-9-14-6-2-1-3-7-14/h1-3,6-7,13,15,25-26H,4-5,8-12,19H2,(H,21,24)/t15-/m0/s1. The number of aromatic nitrogens is 3. The number of rotatable bonds is 11. The van der Waals surface area contributed by atoms with Crippen LogP contribution in [0.25, 0.3) is 0 Å². The fourth-order valence-corrected chi connectivity index (χ4v) is 2.63. The average Bonchev–Trinajstić information content (AvgIpc) is 3.07. The first-order valence-corrected chi connectivity index (χ1v) is 8.86. The number of carbonyl (C=O) groups is 1. The van der Waals surface area contributed by atoms with Crippen molar-refractivity contribution in [3.8, 4) is 0 Å². The Hall–Kier alpha value is -2.23. The molecule has 2 rings (SSSR count). The maximum atomic E-state index is 12.1. The van der Waals surface area contributed by atoms with Gasteiger partial charge in [-0.05, 0) is 31.4 Å². The average molecular weight is 359 g/mol. The van der Waals surface area contributed by atoms with Crippen molar-refractivity contribution in [2.75, 3.05) is 6.54 Å². The number of amides is 1. The Morgan fingerprint density at radius 3 is 2.69 bits per heavy atom. The van der Waals surface area contributed by atoms with Crippen LogP contribution in [0.2, 0.25) is 0 Å². The summed E-state index contributed by atoms with van der Waals surface area (Å²) >= 11 is 0. The largest absolute Gasteiger partial charge is 0.475 e. The number of hydrogen-bond donors (Lipinski definition) is 4. The van der Waals surface area contributed by atoms with Gasteiger partial charge in [0.05, 0.1) is 5.94 Å². The normalized spacial score (nSPS) is 12.0. The molecule has 1 aromatic heterocycles. The summed E-state index contributed by atoms with van der Waals surface area (Å²) in [6.07, 6.45) is 4.98. The zero-order chi connectivity index (χ0) is 18.8. The molecule has 0 aliphatic carbocycles. The van der Waals surface area contributed by atoms with E-state index in [4.69, 9.17) is 5.73 Å². The number of nitrogens with one attached hydrogen (secondary N) is 1. The molecule has 0 fully saturated rings. The molecule has 0 radical (unpaired) electrons. The summed E-state index contributed by atoms with van der Waals surface area (Å²) in [5.74, 6) is -0.381. The molecule has 140 valence electrons. The zero-order valence-corrected chi connectivity index (χ0v) is 14.8. The van der Waals surface area contributed by atoms with Crippen molar-refractivity contribution in [1.82, 2.24) is 20.1 Å². The van der Waals surface area contributed by atoms with Gasteiger partial charge >= 0.3 is 7.12 Å². The Labute approximate surface area is 153 Å². The van der Waals surface area contributed by atoms with E-state index in [0.29, 0.717) is 31.6 Å². The highest BCUT2D eigenvalue weighted by Crippen LogP contribution is 2.04. The number of nitrogens with two attached hydrogens (primary N) is 1. The Morgan fingerprint density at radius 1 is 1.23 bits per heavy atom. The van der Waals surface area contributed by atoms with Crippen molar-refractivity contribution >= 4 is 13.0 Å². The summed E-state index contributed by atoms with van der Waals surface area (Å²) in [6.45, 7) is 0.519. The first-order valence-electron chi connectivity index (χ1n) is 8.86. The molecule has 1 heterocycles. The third-order valence-electron chi connectivity index (χ3n) is 4.05. The van der Waals surface area contributed by atoms with Crippen molar-refractivity contribution in [1.29, 1.82) is 0 Å². The molecule has 1 amide bonds. The SMILES string of the molecule is NCCCC[C@H](NC(=O)Cn1cnc(CCc2ccccc2)n1)B(O)O. The van der Waals surface area contributed by atoms with Crippen LogP contribution in [-0.4, -0.2) is 50.3 Å². The van der Waals surface area contributed by atoms with Gasteiger partial charge in [0.2, 0.25) is 5.91 Å². The third kappa shape index (κ3) is 6.95. The van der Waals surface area contributed by atoms with Gasteiger partial charge in [0.25, 0.3) is 0 Å². The predicted octanol–water partition coefficient (Wildman–Crippen LogP) is -0.311. The van der Waals surface area contributed by atoms with Gasteiger partial charge in [-0.3, -0.25) is 4.79 Å². The van der Waals surface area contributed by atoms with Gasteiger partial charge in [0.15, 0.2) is 5.82 Å². The molecule has 1 atom stereocenters. The predicted molar refractivity (Wildman–Crippen MR) is 98.9 cm³/mol. The fourth-order valence-electron chi connectivity index (χ4n) is 2.63. The quantitative estimate of drug-likeness (QED) is 0.322. The molecular formula is C17H26BN5O3. The molecule has 0 spiro atoms. The van der Waals surface area contributed by atoms with E-state index in [1.165, 1.54) is 16.6 Å². The Balaban J connectivity index is 1.80. The van der Waals surface area contributed by atoms with Crippen molar-refractivity contribution < 1.29 is 14.8 Å². The van der Waals surface area contributed by atoms with Crippen molar-refractivity contribution in [2.45, 2.75) is 44.6 Å². The number of aryl methyl sites for hydroxylation is 2. The summed E-state index contributed by atoms with van der Waals surface area (Å²) in [6, 6.07) is 10.1. The molecule has 0 aliphatic heterocycles. The van der Waals surface area contributed by atoms with Crippen LogP contribution in [0.4, 0.5) is 0 Å². The van der Waals surface area contributed by atoms with Gasteiger partial charge in [0.1, 0.15) is 12.9 Å². The van der Waals surface area contributed by atoms with Crippen LogP contribution >= 0.6 is 0 Å². The van der Waals surface area contributed by atoms with Gasteiger partial charge in [-0.2, -0.15) is 5.10 Å². The first kappa shape index (κ1) is 20.1. The fraction of sp³-hybridized carbons (Fsp3) is 0.471. The molecule has 9 heteroatoms. The van der Waals surface area contributed by atoms with Gasteiger partial charge in [-0.1, -0.05) is 36.8 Å². The van der Waals surface area contributed by atoms with Gasteiger partial charge in [-0.15, -0.1) is 0 Å².